The van der Waals surface area contributed by atoms with Gasteiger partial charge in [0.05, 0.1) is 20.3 Å². The Morgan fingerprint density at radius 3 is 2.55 bits per heavy atom. The van der Waals surface area contributed by atoms with Gasteiger partial charge >= 0.3 is 6.03 Å². The van der Waals surface area contributed by atoms with Crippen molar-refractivity contribution in [3.8, 4) is 5.75 Å². The van der Waals surface area contributed by atoms with Crippen molar-refractivity contribution < 1.29 is 23.9 Å². The Bertz CT molecular complexity index is 854. The largest absolute Gasteiger partial charge is 0.496 e. The Morgan fingerprint density at radius 1 is 1.14 bits per heavy atom. The van der Waals surface area contributed by atoms with E-state index >= 15 is 0 Å². The highest BCUT2D eigenvalue weighted by Gasteiger charge is 2.40. The molecule has 4 amide bonds. The number of carbonyl (C=O) groups excluding carboxylic acids is 3. The number of anilines is 1. The molecule has 8 nitrogen and oxygen atoms in total. The zero-order valence-corrected chi connectivity index (χ0v) is 16.5. The molecular weight excluding hydrogens is 374 g/mol. The fourth-order valence-electron chi connectivity index (χ4n) is 4.16. The Morgan fingerprint density at radius 2 is 1.86 bits per heavy atom. The quantitative estimate of drug-likeness (QED) is 0.615. The van der Waals surface area contributed by atoms with Crippen LogP contribution in [0.25, 0.3) is 6.08 Å². The molecule has 1 saturated carbocycles. The summed E-state index contributed by atoms with van der Waals surface area (Å²) < 4.78 is 10.9. The predicted octanol–water partition coefficient (Wildman–Crippen LogP) is 1.94. The normalized spacial score (nSPS) is 22.4. The van der Waals surface area contributed by atoms with Gasteiger partial charge in [-0.3, -0.25) is 19.8 Å². The second kappa shape index (κ2) is 8.24. The third-order valence-corrected chi connectivity index (χ3v) is 5.72. The van der Waals surface area contributed by atoms with Gasteiger partial charge in [0.15, 0.2) is 0 Å². The van der Waals surface area contributed by atoms with Crippen LogP contribution in [0.5, 0.6) is 5.75 Å². The Balaban J connectivity index is 1.63. The molecule has 154 valence electrons. The number of nitrogens with one attached hydrogen (secondary N) is 1. The molecule has 3 aliphatic rings. The number of methoxy groups -OCH3 is 1. The first-order valence-electron chi connectivity index (χ1n) is 10.00. The van der Waals surface area contributed by atoms with Crippen LogP contribution in [-0.2, 0) is 14.3 Å². The highest BCUT2D eigenvalue weighted by molar-refractivity contribution is 6.31. The lowest BCUT2D eigenvalue weighted by Gasteiger charge is -2.31. The summed E-state index contributed by atoms with van der Waals surface area (Å²) in [4.78, 5) is 41.0. The van der Waals surface area contributed by atoms with E-state index in [1.54, 1.807) is 7.11 Å². The van der Waals surface area contributed by atoms with Gasteiger partial charge < -0.3 is 14.4 Å². The Kier molecular flexibility index (Phi) is 5.53. The van der Waals surface area contributed by atoms with Gasteiger partial charge in [-0.2, -0.15) is 0 Å². The van der Waals surface area contributed by atoms with E-state index in [1.807, 2.05) is 18.2 Å². The molecule has 2 saturated heterocycles. The first-order valence-corrected chi connectivity index (χ1v) is 10.00. The van der Waals surface area contributed by atoms with Crippen LogP contribution in [0.1, 0.15) is 31.2 Å². The van der Waals surface area contributed by atoms with Crippen molar-refractivity contribution in [2.75, 3.05) is 38.3 Å². The van der Waals surface area contributed by atoms with Crippen LogP contribution < -0.4 is 15.0 Å². The van der Waals surface area contributed by atoms with E-state index in [2.05, 4.69) is 10.2 Å². The van der Waals surface area contributed by atoms with Gasteiger partial charge in [-0.15, -0.1) is 0 Å². The summed E-state index contributed by atoms with van der Waals surface area (Å²) in [5, 5.41) is 2.30. The number of urea groups is 1. The monoisotopic (exact) mass is 399 g/mol. The van der Waals surface area contributed by atoms with Crippen molar-refractivity contribution in [1.82, 2.24) is 10.2 Å². The molecule has 8 heteroatoms. The maximum atomic E-state index is 13.0. The second-order valence-corrected chi connectivity index (χ2v) is 7.46. The lowest BCUT2D eigenvalue weighted by molar-refractivity contribution is -0.131. The minimum atomic E-state index is -0.673. The molecule has 0 aromatic heterocycles. The zero-order chi connectivity index (χ0) is 20.4. The molecule has 1 aromatic carbocycles. The first kappa shape index (κ1) is 19.4. The van der Waals surface area contributed by atoms with Crippen LogP contribution >= 0.6 is 0 Å². The predicted molar refractivity (Wildman–Crippen MR) is 107 cm³/mol. The molecule has 1 aromatic rings. The van der Waals surface area contributed by atoms with E-state index in [1.165, 1.54) is 11.0 Å². The topological polar surface area (TPSA) is 88.2 Å². The Hall–Kier alpha value is -2.87. The number of benzene rings is 1. The number of nitrogens with zero attached hydrogens (tertiary/aromatic N) is 2. The van der Waals surface area contributed by atoms with Crippen molar-refractivity contribution in [3.63, 3.8) is 0 Å². The minimum absolute atomic E-state index is 0.0473. The van der Waals surface area contributed by atoms with Crippen LogP contribution in [0.15, 0.2) is 23.8 Å². The van der Waals surface area contributed by atoms with Crippen molar-refractivity contribution in [2.45, 2.75) is 31.7 Å². The molecule has 4 rings (SSSR count). The van der Waals surface area contributed by atoms with Gasteiger partial charge in [-0.05, 0) is 31.1 Å². The molecule has 1 aliphatic carbocycles. The molecule has 1 N–H and O–H groups in total. The lowest BCUT2D eigenvalue weighted by atomic mass is 10.0. The van der Waals surface area contributed by atoms with Crippen LogP contribution in [0, 0.1) is 0 Å². The van der Waals surface area contributed by atoms with E-state index in [0.717, 1.165) is 44.5 Å². The molecule has 29 heavy (non-hydrogen) atoms. The summed E-state index contributed by atoms with van der Waals surface area (Å²) in [6.45, 7) is 2.94. The third kappa shape index (κ3) is 3.85. The minimum Gasteiger partial charge on any atom is -0.496 e. The molecule has 0 unspecified atom stereocenters. The number of morpholine rings is 1. The van der Waals surface area contributed by atoms with E-state index in [9.17, 15) is 14.4 Å². The summed E-state index contributed by atoms with van der Waals surface area (Å²) in [7, 11) is 1.55. The van der Waals surface area contributed by atoms with E-state index < -0.39 is 17.8 Å². The van der Waals surface area contributed by atoms with Crippen LogP contribution in [-0.4, -0.2) is 62.2 Å². The summed E-state index contributed by atoms with van der Waals surface area (Å²) in [6, 6.07) is 4.88. The number of imide groups is 2. The van der Waals surface area contributed by atoms with Gasteiger partial charge in [0.25, 0.3) is 11.8 Å². The lowest BCUT2D eigenvalue weighted by Crippen LogP contribution is -2.57. The maximum Gasteiger partial charge on any atom is 0.331 e. The molecular formula is C21H25N3O5. The Labute approximate surface area is 169 Å². The molecule has 2 aliphatic heterocycles. The fourth-order valence-corrected chi connectivity index (χ4v) is 4.16. The highest BCUT2D eigenvalue weighted by Crippen LogP contribution is 2.30. The maximum absolute atomic E-state index is 13.0. The summed E-state index contributed by atoms with van der Waals surface area (Å²) in [5.74, 6) is -0.648. The highest BCUT2D eigenvalue weighted by atomic mass is 16.5. The first-order chi connectivity index (χ1) is 14.1. The number of rotatable bonds is 4. The molecule has 0 spiro atoms. The van der Waals surface area contributed by atoms with Crippen LogP contribution in [0.4, 0.5) is 10.5 Å². The van der Waals surface area contributed by atoms with Gasteiger partial charge in [0.1, 0.15) is 11.3 Å². The molecule has 3 fully saturated rings. The average molecular weight is 399 g/mol. The van der Waals surface area contributed by atoms with Gasteiger partial charge in [-0.25, -0.2) is 4.79 Å². The zero-order valence-electron chi connectivity index (χ0n) is 16.5. The van der Waals surface area contributed by atoms with Crippen molar-refractivity contribution in [1.29, 1.82) is 0 Å². The second-order valence-electron chi connectivity index (χ2n) is 7.46. The molecule has 0 radical (unpaired) electrons. The summed E-state index contributed by atoms with van der Waals surface area (Å²) in [5.41, 5.74) is 1.56. The smallest absolute Gasteiger partial charge is 0.331 e. The summed E-state index contributed by atoms with van der Waals surface area (Å²) in [6.07, 6.45) is 5.02. The number of barbiturate groups is 1. The number of carbonyl (C=O) groups is 3. The molecule has 0 bridgehead atoms. The van der Waals surface area contributed by atoms with Crippen LogP contribution in [0.2, 0.25) is 0 Å². The molecule has 2 heterocycles. The number of hydrogen-bond acceptors (Lipinski definition) is 6. The van der Waals surface area contributed by atoms with Crippen molar-refractivity contribution in [2.24, 2.45) is 0 Å². The van der Waals surface area contributed by atoms with Gasteiger partial charge in [-0.1, -0.05) is 12.8 Å². The van der Waals surface area contributed by atoms with E-state index in [-0.39, 0.29) is 11.6 Å². The number of hydrogen-bond donors (Lipinski definition) is 1. The van der Waals surface area contributed by atoms with Gasteiger partial charge in [0.2, 0.25) is 0 Å². The van der Waals surface area contributed by atoms with Gasteiger partial charge in [0, 0.05) is 36.4 Å². The molecule has 0 atom stereocenters. The number of amides is 4. The van der Waals surface area contributed by atoms with Crippen molar-refractivity contribution in [3.05, 3.63) is 29.3 Å². The fraction of sp³-hybridized carbons (Fsp3) is 0.476. The van der Waals surface area contributed by atoms with Crippen LogP contribution in [0.3, 0.4) is 0 Å². The van der Waals surface area contributed by atoms with E-state index in [4.69, 9.17) is 9.47 Å². The van der Waals surface area contributed by atoms with Crippen molar-refractivity contribution >= 4 is 29.6 Å². The summed E-state index contributed by atoms with van der Waals surface area (Å²) >= 11 is 0. The average Bonchev–Trinajstić information content (AvgIpc) is 3.26. The SMILES string of the molecule is COc1cc(N2CCOCC2)ccc1C=C1C(=O)NC(=O)N(C2CCCC2)C1=O. The van der Waals surface area contributed by atoms with E-state index in [0.29, 0.717) is 24.5 Å². The number of ether oxygens (including phenoxy) is 2. The third-order valence-electron chi connectivity index (χ3n) is 5.72. The standard InChI is InChI=1S/C21H25N3O5/c1-28-18-13-16(23-8-10-29-11-9-23)7-6-14(18)12-17-19(25)22-21(27)24(20(17)26)15-4-2-3-5-15/h6-7,12-13,15H,2-5,8-11H2,1H3,(H,22,25,27).